The fourth-order valence-electron chi connectivity index (χ4n) is 4.37. The van der Waals surface area contributed by atoms with E-state index in [1.165, 1.54) is 48.8 Å². The highest BCUT2D eigenvalue weighted by atomic mass is 32.2. The Kier molecular flexibility index (Phi) is 12.2. The Hall–Kier alpha value is -2.07. The lowest BCUT2D eigenvalue weighted by Crippen LogP contribution is -2.54. The van der Waals surface area contributed by atoms with Crippen molar-refractivity contribution in [1.82, 2.24) is 15.5 Å². The van der Waals surface area contributed by atoms with Crippen LogP contribution < -0.4 is 15.4 Å². The summed E-state index contributed by atoms with van der Waals surface area (Å²) in [7, 11) is 1.61. The predicted octanol–water partition coefficient (Wildman–Crippen LogP) is 4.28. The summed E-state index contributed by atoms with van der Waals surface area (Å²) in [5, 5.41) is 5.92. The van der Waals surface area contributed by atoms with Gasteiger partial charge in [-0.05, 0) is 48.1 Å². The van der Waals surface area contributed by atoms with Crippen molar-refractivity contribution >= 4 is 41.4 Å². The minimum atomic E-state index is -0.682. The molecule has 1 saturated carbocycles. The first-order valence-electron chi connectivity index (χ1n) is 13.2. The summed E-state index contributed by atoms with van der Waals surface area (Å²) in [6.45, 7) is 4.60. The number of methoxy groups -OCH3 is 1. The van der Waals surface area contributed by atoms with Gasteiger partial charge in [-0.2, -0.15) is 11.8 Å². The number of nitrogens with one attached hydrogen (secondary N) is 2. The predicted molar refractivity (Wildman–Crippen MR) is 150 cm³/mol. The summed E-state index contributed by atoms with van der Waals surface area (Å²) in [6, 6.07) is 6.18. The average Bonchev–Trinajstić information content (AvgIpc) is 3.41. The minimum Gasteiger partial charge on any atom is -0.497 e. The van der Waals surface area contributed by atoms with Crippen LogP contribution in [0.2, 0.25) is 0 Å². The molecule has 0 aromatic heterocycles. The Labute approximate surface area is 229 Å². The van der Waals surface area contributed by atoms with E-state index in [0.29, 0.717) is 36.5 Å². The van der Waals surface area contributed by atoms with Gasteiger partial charge < -0.3 is 20.1 Å². The third-order valence-electron chi connectivity index (χ3n) is 6.58. The molecule has 0 spiro atoms. The lowest BCUT2D eigenvalue weighted by Gasteiger charge is -2.26. The minimum absolute atomic E-state index is 0.214. The Morgan fingerprint density at radius 3 is 2.54 bits per heavy atom. The molecule has 8 nitrogen and oxygen atoms in total. The maximum Gasteiger partial charge on any atom is 0.411 e. The van der Waals surface area contributed by atoms with Crippen molar-refractivity contribution in [2.24, 2.45) is 11.8 Å². The molecule has 10 heteroatoms. The van der Waals surface area contributed by atoms with Crippen molar-refractivity contribution in [2.75, 3.05) is 36.9 Å². The monoisotopic (exact) mass is 551 g/mol. The summed E-state index contributed by atoms with van der Waals surface area (Å²) >= 11 is 3.24. The van der Waals surface area contributed by atoms with Crippen LogP contribution >= 0.6 is 23.5 Å². The lowest BCUT2D eigenvalue weighted by molar-refractivity contribution is -0.130. The summed E-state index contributed by atoms with van der Waals surface area (Å²) in [5.41, 5.74) is 0.945. The first kappa shape index (κ1) is 29.5. The Morgan fingerprint density at radius 2 is 1.86 bits per heavy atom. The number of hydrogen-bond donors (Lipinski definition) is 2. The smallest absolute Gasteiger partial charge is 0.411 e. The molecule has 0 radical (unpaired) electrons. The van der Waals surface area contributed by atoms with Crippen molar-refractivity contribution in [3.05, 3.63) is 29.8 Å². The fraction of sp³-hybridized carbons (Fsp3) is 0.667. The molecule has 0 bridgehead atoms. The Morgan fingerprint density at radius 1 is 1.14 bits per heavy atom. The van der Waals surface area contributed by atoms with Crippen molar-refractivity contribution in [2.45, 2.75) is 64.6 Å². The van der Waals surface area contributed by atoms with E-state index in [1.54, 1.807) is 18.9 Å². The molecule has 2 aliphatic rings. The molecule has 2 fully saturated rings. The number of ether oxygens (including phenoxy) is 2. The summed E-state index contributed by atoms with van der Waals surface area (Å²) in [5.74, 6) is 3.48. The van der Waals surface area contributed by atoms with Crippen LogP contribution in [0.25, 0.3) is 0 Å². The molecule has 2 N–H and O–H groups in total. The van der Waals surface area contributed by atoms with E-state index in [0.717, 1.165) is 17.1 Å². The van der Waals surface area contributed by atoms with Crippen LogP contribution in [0.5, 0.6) is 5.75 Å². The fourth-order valence-corrected chi connectivity index (χ4v) is 6.79. The second kappa shape index (κ2) is 15.4. The molecule has 1 heterocycles. The molecule has 206 valence electrons. The van der Waals surface area contributed by atoms with Crippen molar-refractivity contribution in [3.8, 4) is 5.75 Å². The highest BCUT2D eigenvalue weighted by Gasteiger charge is 2.37. The number of amides is 3. The zero-order valence-corrected chi connectivity index (χ0v) is 23.8. The Bertz CT molecular complexity index is 877. The molecular formula is C27H41N3O5S2. The number of benzene rings is 1. The van der Waals surface area contributed by atoms with Crippen molar-refractivity contribution in [1.29, 1.82) is 0 Å². The van der Waals surface area contributed by atoms with E-state index in [-0.39, 0.29) is 17.7 Å². The molecule has 2 atom stereocenters. The van der Waals surface area contributed by atoms with Gasteiger partial charge in [0.25, 0.3) is 0 Å². The molecule has 37 heavy (non-hydrogen) atoms. The number of carbonyl (C=O) groups is 3. The Balaban J connectivity index is 1.59. The van der Waals surface area contributed by atoms with E-state index in [2.05, 4.69) is 10.6 Å². The first-order chi connectivity index (χ1) is 17.9. The number of nitrogens with zero attached hydrogens (tertiary/aromatic N) is 1. The van der Waals surface area contributed by atoms with Gasteiger partial charge in [0.2, 0.25) is 11.8 Å². The molecule has 1 aliphatic heterocycles. The van der Waals surface area contributed by atoms with Gasteiger partial charge in [0.05, 0.1) is 19.6 Å². The maximum absolute atomic E-state index is 13.2. The second-order valence-electron chi connectivity index (χ2n) is 10.1. The quantitative estimate of drug-likeness (QED) is 0.400. The van der Waals surface area contributed by atoms with Gasteiger partial charge in [0.15, 0.2) is 0 Å². The second-order valence-corrected chi connectivity index (χ2v) is 12.2. The highest BCUT2D eigenvalue weighted by molar-refractivity contribution is 7.99. The topological polar surface area (TPSA) is 97.0 Å². The van der Waals surface area contributed by atoms with Crippen LogP contribution in [0.15, 0.2) is 24.3 Å². The van der Waals surface area contributed by atoms with E-state index in [9.17, 15) is 14.4 Å². The first-order valence-corrected chi connectivity index (χ1v) is 15.5. The number of thioether (sulfide) groups is 2. The number of hydrogen-bond acceptors (Lipinski definition) is 7. The molecular weight excluding hydrogens is 510 g/mol. The maximum atomic E-state index is 13.2. The van der Waals surface area contributed by atoms with Gasteiger partial charge in [-0.15, -0.1) is 11.8 Å². The van der Waals surface area contributed by atoms with Crippen molar-refractivity contribution in [3.63, 3.8) is 0 Å². The largest absolute Gasteiger partial charge is 0.497 e. The van der Waals surface area contributed by atoms with E-state index >= 15 is 0 Å². The van der Waals surface area contributed by atoms with Gasteiger partial charge in [-0.25, -0.2) is 4.79 Å². The molecule has 3 rings (SSSR count). The lowest BCUT2D eigenvalue weighted by atomic mass is 9.91. The third-order valence-corrected chi connectivity index (χ3v) is 8.87. The highest BCUT2D eigenvalue weighted by Crippen LogP contribution is 2.27. The van der Waals surface area contributed by atoms with Crippen LogP contribution in [0.4, 0.5) is 4.79 Å². The van der Waals surface area contributed by atoms with Gasteiger partial charge in [0.1, 0.15) is 17.8 Å². The van der Waals surface area contributed by atoms with Crippen LogP contribution in [0.3, 0.4) is 0 Å². The van der Waals surface area contributed by atoms with Crippen molar-refractivity contribution < 1.29 is 23.9 Å². The van der Waals surface area contributed by atoms with Crippen LogP contribution in [-0.4, -0.2) is 71.7 Å². The van der Waals surface area contributed by atoms with Gasteiger partial charge in [0, 0.05) is 18.1 Å². The number of rotatable bonds is 12. The summed E-state index contributed by atoms with van der Waals surface area (Å²) in [6.07, 6.45) is 5.85. The van der Waals surface area contributed by atoms with Gasteiger partial charge >= 0.3 is 6.09 Å². The standard InChI is InChI=1S/C27H41N3O5S2/c1-19(2)14-35-27(33)30-18-37-17-24(30)26(32)29-23(16-36-15-21-7-5-4-6-8-21)25(31)28-13-20-9-11-22(34-3)12-10-20/h9-12,19,21,23-24H,4-8,13-18H2,1-3H3,(H,28,31)(H,29,32). The van der Waals surface area contributed by atoms with E-state index < -0.39 is 18.2 Å². The van der Waals surface area contributed by atoms with E-state index in [1.807, 2.05) is 38.1 Å². The molecule has 1 aliphatic carbocycles. The normalized spacial score (nSPS) is 18.9. The van der Waals surface area contributed by atoms with Gasteiger partial charge in [-0.1, -0.05) is 45.2 Å². The van der Waals surface area contributed by atoms with Gasteiger partial charge in [-0.3, -0.25) is 14.5 Å². The van der Waals surface area contributed by atoms with E-state index in [4.69, 9.17) is 9.47 Å². The van der Waals surface area contributed by atoms with Crippen LogP contribution in [0.1, 0.15) is 51.5 Å². The molecule has 1 aromatic rings. The summed E-state index contributed by atoms with van der Waals surface area (Å²) in [4.78, 5) is 40.5. The number of carbonyl (C=O) groups excluding carboxylic acids is 3. The average molecular weight is 552 g/mol. The zero-order chi connectivity index (χ0) is 26.6. The molecule has 2 unspecified atom stereocenters. The molecule has 1 aromatic carbocycles. The van der Waals surface area contributed by atoms with Crippen LogP contribution in [-0.2, 0) is 20.9 Å². The zero-order valence-electron chi connectivity index (χ0n) is 22.2. The van der Waals surface area contributed by atoms with Crippen LogP contribution in [0, 0.1) is 11.8 Å². The molecule has 1 saturated heterocycles. The summed E-state index contributed by atoms with van der Waals surface area (Å²) < 4.78 is 10.6. The SMILES string of the molecule is COc1ccc(CNC(=O)C(CSCC2CCCCC2)NC(=O)C2CSCN2C(=O)OCC(C)C)cc1. The third kappa shape index (κ3) is 9.63. The molecule has 3 amide bonds.